The maximum Gasteiger partial charge on any atom is 0.330 e. The van der Waals surface area contributed by atoms with Crippen LogP contribution in [0.3, 0.4) is 0 Å². The average molecular weight is 406 g/mol. The van der Waals surface area contributed by atoms with Crippen molar-refractivity contribution < 1.29 is 28.2 Å². The summed E-state index contributed by atoms with van der Waals surface area (Å²) < 4.78 is 31.8. The Morgan fingerprint density at radius 3 is 2.61 bits per heavy atom. The molecule has 0 amide bonds. The Morgan fingerprint density at radius 1 is 1.14 bits per heavy atom. The minimum atomic E-state index is -3.98. The zero-order chi connectivity index (χ0) is 20.3. The van der Waals surface area contributed by atoms with E-state index in [2.05, 4.69) is 0 Å². The van der Waals surface area contributed by atoms with Crippen LogP contribution in [-0.2, 0) is 26.2 Å². The van der Waals surface area contributed by atoms with E-state index in [0.717, 1.165) is 46.1 Å². The number of hydrogen-bond acceptors (Lipinski definition) is 6. The molecule has 1 aliphatic heterocycles. The molecule has 3 rings (SSSR count). The molecule has 0 saturated heterocycles. The van der Waals surface area contributed by atoms with Gasteiger partial charge in [0.2, 0.25) is 5.88 Å². The van der Waals surface area contributed by atoms with Crippen molar-refractivity contribution in [3.8, 4) is 5.75 Å². The molecule has 3 N–H and O–H groups in total. The van der Waals surface area contributed by atoms with E-state index in [1.807, 2.05) is 22.9 Å². The molecule has 150 valence electrons. The Morgan fingerprint density at radius 2 is 1.93 bits per heavy atom. The monoisotopic (exact) mass is 406 g/mol. The molecule has 8 nitrogen and oxygen atoms in total. The lowest BCUT2D eigenvalue weighted by Crippen LogP contribution is -2.29. The van der Waals surface area contributed by atoms with Gasteiger partial charge in [0.25, 0.3) is 0 Å². The van der Waals surface area contributed by atoms with Gasteiger partial charge in [-0.15, -0.1) is 0 Å². The predicted molar refractivity (Wildman–Crippen MR) is 105 cm³/mol. The number of rotatable bonds is 7. The molecular formula is C19H22N2O6S. The van der Waals surface area contributed by atoms with Gasteiger partial charge < -0.3 is 14.9 Å². The summed E-state index contributed by atoms with van der Waals surface area (Å²) in [6.07, 6.45) is 3.68. The molecule has 0 unspecified atom stereocenters. The number of esters is 1. The summed E-state index contributed by atoms with van der Waals surface area (Å²) in [6.45, 7) is 2.16. The smallest absolute Gasteiger partial charge is 0.330 e. The van der Waals surface area contributed by atoms with E-state index < -0.39 is 16.1 Å². The molecule has 9 heteroatoms. The van der Waals surface area contributed by atoms with Gasteiger partial charge in [-0.05, 0) is 54.7 Å². The number of unbranched alkanes of at least 4 members (excludes halogenated alkanes) is 1. The van der Waals surface area contributed by atoms with Crippen molar-refractivity contribution in [1.29, 1.82) is 0 Å². The lowest BCUT2D eigenvalue weighted by Gasteiger charge is -2.16. The average Bonchev–Trinajstić information content (AvgIpc) is 2.90. The van der Waals surface area contributed by atoms with E-state index in [1.165, 1.54) is 6.07 Å². The van der Waals surface area contributed by atoms with Crippen LogP contribution >= 0.6 is 0 Å². The van der Waals surface area contributed by atoms with E-state index in [0.29, 0.717) is 13.0 Å². The number of aliphatic hydroxyl groups is 1. The van der Waals surface area contributed by atoms with E-state index in [-0.39, 0.29) is 17.4 Å². The number of anilines is 1. The molecule has 2 aromatic rings. The van der Waals surface area contributed by atoms with Gasteiger partial charge in [0, 0.05) is 6.42 Å². The summed E-state index contributed by atoms with van der Waals surface area (Å²) in [5, 5.41) is 21.2. The van der Waals surface area contributed by atoms with Crippen LogP contribution in [-0.4, -0.2) is 31.2 Å². The minimum absolute atomic E-state index is 0.0449. The molecule has 0 saturated carbocycles. The molecule has 0 bridgehead atoms. The van der Waals surface area contributed by atoms with Gasteiger partial charge in [0.05, 0.1) is 12.8 Å². The van der Waals surface area contributed by atoms with Crippen LogP contribution in [0.5, 0.6) is 5.75 Å². The van der Waals surface area contributed by atoms with E-state index in [1.54, 1.807) is 13.0 Å². The van der Waals surface area contributed by atoms with Crippen LogP contribution in [0.1, 0.15) is 31.7 Å². The molecule has 28 heavy (non-hydrogen) atoms. The molecule has 0 fully saturated rings. The van der Waals surface area contributed by atoms with Crippen molar-refractivity contribution in [2.45, 2.75) is 32.6 Å². The number of ether oxygens (including phenoxy) is 1. The highest BCUT2D eigenvalue weighted by molar-refractivity contribution is 7.91. The van der Waals surface area contributed by atoms with Crippen LogP contribution in [0.4, 0.5) is 5.69 Å². The molecular weight excluding hydrogens is 384 g/mol. The van der Waals surface area contributed by atoms with Crippen molar-refractivity contribution in [2.24, 2.45) is 0 Å². The van der Waals surface area contributed by atoms with Gasteiger partial charge in [0.15, 0.2) is 0 Å². The van der Waals surface area contributed by atoms with Crippen LogP contribution in [0.15, 0.2) is 42.4 Å². The number of carbonyl (C=O) groups excluding carboxylic acids is 1. The number of fused-ring (bicyclic) bond motifs is 1. The number of phenols is 1. The molecule has 1 heterocycles. The summed E-state index contributed by atoms with van der Waals surface area (Å²) >= 11 is 0. The Hall–Kier alpha value is -2.94. The molecule has 0 radical (unpaired) electrons. The summed E-state index contributed by atoms with van der Waals surface area (Å²) in [6, 6.07) is 8.74. The zero-order valence-electron chi connectivity index (χ0n) is 15.4. The highest BCUT2D eigenvalue weighted by atomic mass is 32.2. The van der Waals surface area contributed by atoms with E-state index in [9.17, 15) is 23.4 Å². The highest BCUT2D eigenvalue weighted by Gasteiger charge is 2.30. The number of hydrogen-bond donors (Lipinski definition) is 3. The first-order valence-electron chi connectivity index (χ1n) is 8.94. The first-order chi connectivity index (χ1) is 13.3. The second kappa shape index (κ2) is 7.97. The van der Waals surface area contributed by atoms with Crippen LogP contribution in [0.25, 0.3) is 10.8 Å². The number of phenolic OH excluding ortho intramolecular Hbond substituents is 1. The third-order valence-corrected chi connectivity index (χ3v) is 5.66. The maximum atomic E-state index is 12.1. The quantitative estimate of drug-likeness (QED) is 0.481. The number of aryl methyl sites for hydroxylation is 1. The molecule has 0 aromatic heterocycles. The van der Waals surface area contributed by atoms with Crippen LogP contribution in [0, 0.1) is 0 Å². The Labute approximate surface area is 163 Å². The number of nitrogens with one attached hydrogen (secondary N) is 1. The molecule has 0 spiro atoms. The molecule has 0 aliphatic carbocycles. The predicted octanol–water partition coefficient (Wildman–Crippen LogP) is 2.83. The molecule has 0 atom stereocenters. The van der Waals surface area contributed by atoms with Crippen LogP contribution < -0.4 is 9.03 Å². The first kappa shape index (κ1) is 19.8. The number of carbonyl (C=O) groups is 1. The van der Waals surface area contributed by atoms with E-state index >= 15 is 0 Å². The lowest BCUT2D eigenvalue weighted by atomic mass is 10.0. The summed E-state index contributed by atoms with van der Waals surface area (Å²) in [5.74, 6) is -0.932. The van der Waals surface area contributed by atoms with Gasteiger partial charge in [-0.3, -0.25) is 4.79 Å². The standard InChI is InChI=1S/C19H22N2O6S/c1-2-27-19(24)6-4-3-5-13-7-8-14-11-17(22)16(10-15(14)9-13)21-12-18(23)20-28(21,25)26/h7-12,20,22-23H,2-6H2,1H3. The van der Waals surface area contributed by atoms with E-state index in [4.69, 9.17) is 4.74 Å². The van der Waals surface area contributed by atoms with Crippen molar-refractivity contribution in [2.75, 3.05) is 10.9 Å². The maximum absolute atomic E-state index is 12.1. The second-order valence-electron chi connectivity index (χ2n) is 6.45. The fourth-order valence-electron chi connectivity index (χ4n) is 3.07. The third kappa shape index (κ3) is 4.30. The van der Waals surface area contributed by atoms with Gasteiger partial charge >= 0.3 is 16.2 Å². The topological polar surface area (TPSA) is 116 Å². The Bertz CT molecular complexity index is 1030. The van der Waals surface area contributed by atoms with Crippen molar-refractivity contribution in [1.82, 2.24) is 4.72 Å². The van der Waals surface area contributed by atoms with Crippen molar-refractivity contribution in [3.63, 3.8) is 0 Å². The molecule has 2 aromatic carbocycles. The normalized spacial score (nSPS) is 15.3. The second-order valence-corrected chi connectivity index (χ2v) is 8.00. The lowest BCUT2D eigenvalue weighted by molar-refractivity contribution is -0.143. The zero-order valence-corrected chi connectivity index (χ0v) is 16.2. The summed E-state index contributed by atoms with van der Waals surface area (Å²) in [5.41, 5.74) is 1.08. The largest absolute Gasteiger partial charge is 0.506 e. The van der Waals surface area contributed by atoms with Gasteiger partial charge in [-0.25, -0.2) is 9.03 Å². The Kier molecular flexibility index (Phi) is 5.64. The van der Waals surface area contributed by atoms with Crippen molar-refractivity contribution >= 4 is 32.6 Å². The third-order valence-electron chi connectivity index (χ3n) is 4.37. The number of aliphatic hydroxyl groups excluding tert-OH is 1. The summed E-state index contributed by atoms with van der Waals surface area (Å²) in [4.78, 5) is 11.4. The fourth-order valence-corrected chi connectivity index (χ4v) is 4.13. The number of benzene rings is 2. The SMILES string of the molecule is CCOC(=O)CCCCc1ccc2cc(O)c(N3C=C(O)NS3(=O)=O)cc2c1. The van der Waals surface area contributed by atoms with Gasteiger partial charge in [-0.2, -0.15) is 8.42 Å². The minimum Gasteiger partial charge on any atom is -0.506 e. The van der Waals surface area contributed by atoms with Gasteiger partial charge in [0.1, 0.15) is 11.4 Å². The van der Waals surface area contributed by atoms with Gasteiger partial charge in [-0.1, -0.05) is 18.2 Å². The Balaban J connectivity index is 1.78. The van der Waals surface area contributed by atoms with Crippen molar-refractivity contribution in [3.05, 3.63) is 48.0 Å². The first-order valence-corrected chi connectivity index (χ1v) is 10.4. The number of nitrogens with zero attached hydrogens (tertiary/aromatic N) is 1. The number of aromatic hydroxyl groups is 1. The molecule has 1 aliphatic rings. The van der Waals surface area contributed by atoms with Crippen LogP contribution in [0.2, 0.25) is 0 Å². The fraction of sp³-hybridized carbons (Fsp3) is 0.316. The highest BCUT2D eigenvalue weighted by Crippen LogP contribution is 2.36. The summed E-state index contributed by atoms with van der Waals surface area (Å²) in [7, 11) is -3.98.